The first-order valence-electron chi connectivity index (χ1n) is 11.6. The third-order valence-corrected chi connectivity index (χ3v) is 10.2. The van der Waals surface area contributed by atoms with Crippen LogP contribution >= 0.6 is 0 Å². The molecule has 2 nitrogen and oxygen atoms in total. The fourth-order valence-corrected chi connectivity index (χ4v) is 8.82. The molecule has 8 atom stereocenters. The van der Waals surface area contributed by atoms with E-state index in [9.17, 15) is 4.79 Å². The number of rotatable bonds is 4. The van der Waals surface area contributed by atoms with Crippen molar-refractivity contribution in [1.29, 1.82) is 0 Å². The lowest BCUT2D eigenvalue weighted by atomic mass is 9.44. The highest BCUT2D eigenvalue weighted by atomic mass is 16.4. The van der Waals surface area contributed by atoms with E-state index in [1.54, 1.807) is 0 Å². The zero-order chi connectivity index (χ0) is 18.5. The first-order valence-corrected chi connectivity index (χ1v) is 11.6. The largest absolute Gasteiger partial charge is 0.481 e. The van der Waals surface area contributed by atoms with Crippen molar-refractivity contribution < 1.29 is 9.90 Å². The van der Waals surface area contributed by atoms with Gasteiger partial charge < -0.3 is 5.11 Å². The Morgan fingerprint density at radius 2 is 1.73 bits per heavy atom. The minimum Gasteiger partial charge on any atom is -0.481 e. The van der Waals surface area contributed by atoms with Crippen LogP contribution in [-0.4, -0.2) is 11.1 Å². The summed E-state index contributed by atoms with van der Waals surface area (Å²) in [6.45, 7) is 7.60. The van der Waals surface area contributed by atoms with Gasteiger partial charge in [0.15, 0.2) is 0 Å². The predicted molar refractivity (Wildman–Crippen MR) is 106 cm³/mol. The third kappa shape index (κ3) is 2.85. The molecule has 0 aromatic rings. The SMILES string of the molecule is C[C@H](CCC(=O)O)[C@H]1CC[C@H]2[C@@H]3CCC4CCCC[C@]4(C)C3CCC12C. The van der Waals surface area contributed by atoms with Crippen LogP contribution in [0.15, 0.2) is 0 Å². The van der Waals surface area contributed by atoms with Crippen LogP contribution < -0.4 is 0 Å². The lowest BCUT2D eigenvalue weighted by molar-refractivity contribution is -0.137. The Kier molecular flexibility index (Phi) is 4.93. The van der Waals surface area contributed by atoms with E-state index in [0.29, 0.717) is 23.2 Å². The van der Waals surface area contributed by atoms with Gasteiger partial charge in [-0.15, -0.1) is 0 Å². The quantitative estimate of drug-likeness (QED) is 0.618. The van der Waals surface area contributed by atoms with E-state index in [1.807, 2.05) is 0 Å². The summed E-state index contributed by atoms with van der Waals surface area (Å²) < 4.78 is 0. The third-order valence-electron chi connectivity index (χ3n) is 10.2. The average Bonchev–Trinajstić information content (AvgIpc) is 2.96. The van der Waals surface area contributed by atoms with Gasteiger partial charge >= 0.3 is 5.97 Å². The van der Waals surface area contributed by atoms with E-state index >= 15 is 0 Å². The molecule has 26 heavy (non-hydrogen) atoms. The number of hydrogen-bond donors (Lipinski definition) is 1. The highest BCUT2D eigenvalue weighted by Crippen LogP contribution is 2.68. The van der Waals surface area contributed by atoms with Crippen LogP contribution in [0.4, 0.5) is 0 Å². The first-order chi connectivity index (χ1) is 12.4. The van der Waals surface area contributed by atoms with E-state index in [-0.39, 0.29) is 0 Å². The number of hydrogen-bond acceptors (Lipinski definition) is 1. The normalized spacial score (nSPS) is 49.0. The van der Waals surface area contributed by atoms with Gasteiger partial charge in [-0.3, -0.25) is 4.79 Å². The predicted octanol–water partition coefficient (Wildman–Crippen LogP) is 6.54. The number of carboxylic acid groups (broad SMARTS) is 1. The molecule has 4 rings (SSSR count). The van der Waals surface area contributed by atoms with Crippen molar-refractivity contribution in [2.75, 3.05) is 0 Å². The van der Waals surface area contributed by atoms with Crippen LogP contribution in [0.1, 0.15) is 97.8 Å². The fourth-order valence-electron chi connectivity index (χ4n) is 8.82. The second-order valence-corrected chi connectivity index (χ2v) is 11.0. The lowest BCUT2D eigenvalue weighted by Gasteiger charge is -2.61. The minimum atomic E-state index is -0.621. The van der Waals surface area contributed by atoms with Crippen LogP contribution in [0.2, 0.25) is 0 Å². The highest BCUT2D eigenvalue weighted by molar-refractivity contribution is 5.66. The maximum Gasteiger partial charge on any atom is 0.303 e. The molecular weight excluding hydrogens is 320 g/mol. The van der Waals surface area contributed by atoms with E-state index in [0.717, 1.165) is 36.0 Å². The zero-order valence-electron chi connectivity index (χ0n) is 17.3. The molecular formula is C24H40O2. The molecule has 0 aliphatic heterocycles. The van der Waals surface area contributed by atoms with Crippen molar-refractivity contribution >= 4 is 5.97 Å². The van der Waals surface area contributed by atoms with Gasteiger partial charge in [-0.05, 0) is 104 Å². The Bertz CT molecular complexity index is 542. The molecule has 148 valence electrons. The van der Waals surface area contributed by atoms with Gasteiger partial charge in [0.2, 0.25) is 0 Å². The summed E-state index contributed by atoms with van der Waals surface area (Å²) in [4.78, 5) is 11.0. The number of carboxylic acids is 1. The molecule has 4 aliphatic carbocycles. The average molecular weight is 361 g/mol. The molecule has 4 fully saturated rings. The van der Waals surface area contributed by atoms with Gasteiger partial charge in [0.1, 0.15) is 0 Å². The van der Waals surface area contributed by atoms with Crippen LogP contribution in [0.3, 0.4) is 0 Å². The first kappa shape index (κ1) is 18.8. The Hall–Kier alpha value is -0.530. The Labute approximate surface area is 160 Å². The molecule has 0 aromatic heterocycles. The van der Waals surface area contributed by atoms with Crippen molar-refractivity contribution in [2.45, 2.75) is 97.8 Å². The Morgan fingerprint density at radius 3 is 2.50 bits per heavy atom. The Balaban J connectivity index is 1.52. The summed E-state index contributed by atoms with van der Waals surface area (Å²) in [6.07, 6.45) is 15.7. The summed E-state index contributed by atoms with van der Waals surface area (Å²) in [5.74, 6) is 4.57. The topological polar surface area (TPSA) is 37.3 Å². The molecule has 0 radical (unpaired) electrons. The molecule has 1 N–H and O–H groups in total. The van der Waals surface area contributed by atoms with Crippen LogP contribution in [0, 0.1) is 46.3 Å². The summed E-state index contributed by atoms with van der Waals surface area (Å²) >= 11 is 0. The standard InChI is InChI=1S/C24H40O2/c1-16(7-12-22(25)26)19-10-11-20-18-9-8-17-6-4-5-14-23(17,2)21(18)13-15-24(19,20)3/h16-21H,4-15H2,1-3H3,(H,25,26)/t16-,17?,18+,19-,20+,21?,23+,24?/m1/s1. The van der Waals surface area contributed by atoms with E-state index in [4.69, 9.17) is 5.11 Å². The van der Waals surface area contributed by atoms with Crippen LogP contribution in [0.5, 0.6) is 0 Å². The molecule has 4 saturated carbocycles. The lowest BCUT2D eigenvalue weighted by Crippen LogP contribution is -2.53. The van der Waals surface area contributed by atoms with Gasteiger partial charge in [-0.25, -0.2) is 0 Å². The summed E-state index contributed by atoms with van der Waals surface area (Å²) in [6, 6.07) is 0. The minimum absolute atomic E-state index is 0.351. The maximum atomic E-state index is 11.0. The van der Waals surface area contributed by atoms with Gasteiger partial charge in [0.25, 0.3) is 0 Å². The molecule has 0 spiro atoms. The highest BCUT2D eigenvalue weighted by Gasteiger charge is 2.60. The molecule has 0 amide bonds. The second-order valence-electron chi connectivity index (χ2n) is 11.0. The number of fused-ring (bicyclic) bond motifs is 5. The Morgan fingerprint density at radius 1 is 0.962 bits per heavy atom. The smallest absolute Gasteiger partial charge is 0.303 e. The zero-order valence-corrected chi connectivity index (χ0v) is 17.3. The number of aliphatic carboxylic acids is 1. The van der Waals surface area contributed by atoms with Gasteiger partial charge in [-0.1, -0.05) is 33.6 Å². The van der Waals surface area contributed by atoms with Gasteiger partial charge in [-0.2, -0.15) is 0 Å². The molecule has 0 heterocycles. The summed E-state index contributed by atoms with van der Waals surface area (Å²) in [5.41, 5.74) is 1.12. The molecule has 3 unspecified atom stereocenters. The monoisotopic (exact) mass is 360 g/mol. The van der Waals surface area contributed by atoms with E-state index in [1.165, 1.54) is 64.2 Å². The van der Waals surface area contributed by atoms with Crippen molar-refractivity contribution in [3.63, 3.8) is 0 Å². The molecule has 0 saturated heterocycles. The van der Waals surface area contributed by atoms with E-state index < -0.39 is 5.97 Å². The van der Waals surface area contributed by atoms with Gasteiger partial charge in [0, 0.05) is 6.42 Å². The van der Waals surface area contributed by atoms with Crippen molar-refractivity contribution in [2.24, 2.45) is 46.3 Å². The summed E-state index contributed by atoms with van der Waals surface area (Å²) in [7, 11) is 0. The van der Waals surface area contributed by atoms with Crippen molar-refractivity contribution in [3.8, 4) is 0 Å². The van der Waals surface area contributed by atoms with Crippen molar-refractivity contribution in [1.82, 2.24) is 0 Å². The molecule has 0 aromatic carbocycles. The molecule has 2 heteroatoms. The molecule has 4 aliphatic rings. The molecule has 0 bridgehead atoms. The van der Waals surface area contributed by atoms with Gasteiger partial charge in [0.05, 0.1) is 0 Å². The van der Waals surface area contributed by atoms with E-state index in [2.05, 4.69) is 20.8 Å². The maximum absolute atomic E-state index is 11.0. The van der Waals surface area contributed by atoms with Crippen LogP contribution in [-0.2, 0) is 4.79 Å². The van der Waals surface area contributed by atoms with Crippen molar-refractivity contribution in [3.05, 3.63) is 0 Å². The fraction of sp³-hybridized carbons (Fsp3) is 0.958. The van der Waals surface area contributed by atoms with Crippen LogP contribution in [0.25, 0.3) is 0 Å². The second kappa shape index (κ2) is 6.82. The summed E-state index contributed by atoms with van der Waals surface area (Å²) in [5, 5.41) is 9.09. The number of carbonyl (C=O) groups is 1.